The highest BCUT2D eigenvalue weighted by molar-refractivity contribution is 5.77. The number of nitrogens with zero attached hydrogens (tertiary/aromatic N) is 4. The molecule has 8 nitrogen and oxygen atoms in total. The van der Waals surface area contributed by atoms with E-state index in [0.717, 1.165) is 11.3 Å². The molecule has 1 saturated heterocycles. The molecule has 0 bridgehead atoms. The third-order valence-electron chi connectivity index (χ3n) is 5.09. The normalized spacial score (nSPS) is 14.0. The highest BCUT2D eigenvalue weighted by Gasteiger charge is 2.21. The molecule has 0 saturated carbocycles. The third kappa shape index (κ3) is 5.22. The zero-order chi connectivity index (χ0) is 20.8. The zero-order valence-corrected chi connectivity index (χ0v) is 16.8. The molecule has 0 atom stereocenters. The lowest BCUT2D eigenvalue weighted by Crippen LogP contribution is -2.50. The Morgan fingerprint density at radius 2 is 1.66 bits per heavy atom. The van der Waals surface area contributed by atoms with Crippen molar-refractivity contribution in [3.8, 4) is 17.0 Å². The summed E-state index contributed by atoms with van der Waals surface area (Å²) in [5.41, 5.74) is 1.39. The largest absolute Gasteiger partial charge is 0.497 e. The second kappa shape index (κ2) is 9.36. The van der Waals surface area contributed by atoms with Crippen LogP contribution in [-0.2, 0) is 16.1 Å². The Labute approximate surface area is 169 Å². The smallest absolute Gasteiger partial charge is 0.266 e. The number of ether oxygens (including phenoxy) is 1. The summed E-state index contributed by atoms with van der Waals surface area (Å²) in [7, 11) is 1.61. The van der Waals surface area contributed by atoms with Crippen molar-refractivity contribution in [1.29, 1.82) is 0 Å². The van der Waals surface area contributed by atoms with E-state index in [1.807, 2.05) is 24.3 Å². The Hall–Kier alpha value is -3.16. The van der Waals surface area contributed by atoms with Gasteiger partial charge in [0.05, 0.1) is 12.8 Å². The SMILES string of the molecule is COc1ccc(-c2ccc(=O)n(CCCC(=O)N3CCN(C(C)=O)CC3)n2)cc1. The van der Waals surface area contributed by atoms with Gasteiger partial charge in [0.1, 0.15) is 5.75 Å². The van der Waals surface area contributed by atoms with Crippen molar-refractivity contribution in [1.82, 2.24) is 19.6 Å². The molecule has 3 rings (SSSR count). The summed E-state index contributed by atoms with van der Waals surface area (Å²) in [6.07, 6.45) is 0.881. The van der Waals surface area contributed by atoms with Crippen molar-refractivity contribution in [2.45, 2.75) is 26.3 Å². The van der Waals surface area contributed by atoms with Crippen LogP contribution in [0, 0.1) is 0 Å². The first-order chi connectivity index (χ1) is 14.0. The van der Waals surface area contributed by atoms with Crippen LogP contribution in [0.25, 0.3) is 11.3 Å². The summed E-state index contributed by atoms with van der Waals surface area (Å²) >= 11 is 0. The number of amides is 2. The molecular formula is C21H26N4O4. The number of aromatic nitrogens is 2. The fraction of sp³-hybridized carbons (Fsp3) is 0.429. The molecule has 0 spiro atoms. The van der Waals surface area contributed by atoms with E-state index in [0.29, 0.717) is 51.3 Å². The predicted molar refractivity (Wildman–Crippen MR) is 109 cm³/mol. The maximum Gasteiger partial charge on any atom is 0.266 e. The Bertz CT molecular complexity index is 915. The van der Waals surface area contributed by atoms with Crippen LogP contribution in [0.1, 0.15) is 19.8 Å². The molecular weight excluding hydrogens is 372 g/mol. The molecule has 0 radical (unpaired) electrons. The van der Waals surface area contributed by atoms with Gasteiger partial charge < -0.3 is 14.5 Å². The highest BCUT2D eigenvalue weighted by atomic mass is 16.5. The summed E-state index contributed by atoms with van der Waals surface area (Å²) < 4.78 is 6.56. The van der Waals surface area contributed by atoms with Gasteiger partial charge in [0.25, 0.3) is 5.56 Å². The van der Waals surface area contributed by atoms with Gasteiger partial charge >= 0.3 is 0 Å². The van der Waals surface area contributed by atoms with Gasteiger partial charge in [-0.05, 0) is 36.8 Å². The number of hydrogen-bond acceptors (Lipinski definition) is 5. The fourth-order valence-electron chi connectivity index (χ4n) is 3.33. The minimum absolute atomic E-state index is 0.0410. The lowest BCUT2D eigenvalue weighted by atomic mass is 10.1. The van der Waals surface area contributed by atoms with E-state index in [2.05, 4.69) is 5.10 Å². The van der Waals surface area contributed by atoms with Gasteiger partial charge in [-0.3, -0.25) is 14.4 Å². The monoisotopic (exact) mass is 398 g/mol. The van der Waals surface area contributed by atoms with Crippen LogP contribution in [0.4, 0.5) is 0 Å². The summed E-state index contributed by atoms with van der Waals surface area (Å²) in [4.78, 5) is 39.4. The second-order valence-electron chi connectivity index (χ2n) is 7.00. The molecule has 8 heteroatoms. The fourth-order valence-corrected chi connectivity index (χ4v) is 3.33. The average Bonchev–Trinajstić information content (AvgIpc) is 2.75. The van der Waals surface area contributed by atoms with Crippen LogP contribution in [0.2, 0.25) is 0 Å². The van der Waals surface area contributed by atoms with Crippen molar-refractivity contribution < 1.29 is 14.3 Å². The molecule has 2 aromatic rings. The van der Waals surface area contributed by atoms with Gasteiger partial charge in [-0.15, -0.1) is 0 Å². The molecule has 0 unspecified atom stereocenters. The molecule has 0 aliphatic carbocycles. The lowest BCUT2D eigenvalue weighted by Gasteiger charge is -2.34. The minimum atomic E-state index is -0.190. The van der Waals surface area contributed by atoms with Crippen molar-refractivity contribution in [2.24, 2.45) is 0 Å². The number of carbonyl (C=O) groups is 2. The number of benzene rings is 1. The van der Waals surface area contributed by atoms with E-state index in [1.54, 1.807) is 29.9 Å². The van der Waals surface area contributed by atoms with Crippen LogP contribution in [0.5, 0.6) is 5.75 Å². The van der Waals surface area contributed by atoms with Gasteiger partial charge in [0.2, 0.25) is 11.8 Å². The number of piperazine rings is 1. The summed E-state index contributed by atoms with van der Waals surface area (Å²) in [5.74, 6) is 0.844. The van der Waals surface area contributed by atoms with Crippen molar-refractivity contribution in [3.63, 3.8) is 0 Å². The minimum Gasteiger partial charge on any atom is -0.497 e. The van der Waals surface area contributed by atoms with Gasteiger partial charge in [-0.25, -0.2) is 4.68 Å². The van der Waals surface area contributed by atoms with Crippen molar-refractivity contribution in [2.75, 3.05) is 33.3 Å². The van der Waals surface area contributed by atoms with Crippen LogP contribution < -0.4 is 10.3 Å². The lowest BCUT2D eigenvalue weighted by molar-refractivity contribution is -0.138. The number of aryl methyl sites for hydroxylation is 1. The van der Waals surface area contributed by atoms with Crippen LogP contribution in [0.15, 0.2) is 41.2 Å². The molecule has 2 heterocycles. The van der Waals surface area contributed by atoms with Gasteiger partial charge in [-0.1, -0.05) is 0 Å². The molecule has 2 amide bonds. The van der Waals surface area contributed by atoms with E-state index in [9.17, 15) is 14.4 Å². The molecule has 1 aromatic carbocycles. The zero-order valence-electron chi connectivity index (χ0n) is 16.8. The standard InChI is InChI=1S/C21H26N4O4/c1-16(26)23-12-14-24(15-13-23)20(27)4-3-11-25-21(28)10-9-19(22-25)17-5-7-18(29-2)8-6-17/h5-10H,3-4,11-15H2,1-2H3. The van der Waals surface area contributed by atoms with Crippen LogP contribution >= 0.6 is 0 Å². The van der Waals surface area contributed by atoms with E-state index < -0.39 is 0 Å². The van der Waals surface area contributed by atoms with Crippen molar-refractivity contribution >= 4 is 11.8 Å². The first-order valence-electron chi connectivity index (χ1n) is 9.74. The van der Waals surface area contributed by atoms with Crippen molar-refractivity contribution in [3.05, 3.63) is 46.8 Å². The second-order valence-corrected chi connectivity index (χ2v) is 7.00. The Morgan fingerprint density at radius 1 is 1.00 bits per heavy atom. The average molecular weight is 398 g/mol. The molecule has 1 fully saturated rings. The number of methoxy groups -OCH3 is 1. The Balaban J connectivity index is 1.56. The maximum absolute atomic E-state index is 12.4. The van der Waals surface area contributed by atoms with Gasteiger partial charge in [-0.2, -0.15) is 5.10 Å². The van der Waals surface area contributed by atoms with Crippen LogP contribution in [0.3, 0.4) is 0 Å². The number of hydrogen-bond donors (Lipinski definition) is 0. The van der Waals surface area contributed by atoms with Crippen LogP contribution in [-0.4, -0.2) is 64.7 Å². The first kappa shape index (κ1) is 20.6. The van der Waals surface area contributed by atoms with Gasteiger partial charge in [0, 0.05) is 57.7 Å². The van der Waals surface area contributed by atoms with E-state index in [4.69, 9.17) is 4.74 Å². The predicted octanol–water partition coefficient (Wildman–Crippen LogP) is 1.39. The number of rotatable bonds is 6. The molecule has 1 aliphatic heterocycles. The summed E-state index contributed by atoms with van der Waals surface area (Å²) in [6, 6.07) is 10.7. The molecule has 29 heavy (non-hydrogen) atoms. The quantitative estimate of drug-likeness (QED) is 0.734. The summed E-state index contributed by atoms with van der Waals surface area (Å²) in [6.45, 7) is 4.19. The number of carbonyl (C=O) groups excluding carboxylic acids is 2. The first-order valence-corrected chi connectivity index (χ1v) is 9.74. The Kier molecular flexibility index (Phi) is 6.64. The van der Waals surface area contributed by atoms with E-state index in [-0.39, 0.29) is 17.4 Å². The molecule has 1 aliphatic rings. The maximum atomic E-state index is 12.4. The van der Waals surface area contributed by atoms with E-state index >= 15 is 0 Å². The third-order valence-corrected chi connectivity index (χ3v) is 5.09. The molecule has 154 valence electrons. The van der Waals surface area contributed by atoms with E-state index in [1.165, 1.54) is 10.7 Å². The summed E-state index contributed by atoms with van der Waals surface area (Å²) in [5, 5.41) is 4.43. The molecule has 0 N–H and O–H groups in total. The highest BCUT2D eigenvalue weighted by Crippen LogP contribution is 2.19. The van der Waals surface area contributed by atoms with Gasteiger partial charge in [0.15, 0.2) is 0 Å². The molecule has 1 aromatic heterocycles. The topological polar surface area (TPSA) is 84.7 Å². The Morgan fingerprint density at radius 3 is 2.28 bits per heavy atom.